The third-order valence-corrected chi connectivity index (χ3v) is 4.36. The predicted molar refractivity (Wildman–Crippen MR) is 69.4 cm³/mol. The lowest BCUT2D eigenvalue weighted by molar-refractivity contribution is 0.377. The monoisotopic (exact) mass is 348 g/mol. The van der Waals surface area contributed by atoms with E-state index in [1.54, 1.807) is 13.0 Å². The average Bonchev–Trinajstić information content (AvgIpc) is 2.76. The van der Waals surface area contributed by atoms with Crippen molar-refractivity contribution in [2.24, 2.45) is 0 Å². The van der Waals surface area contributed by atoms with Crippen LogP contribution in [0.5, 0.6) is 0 Å². The number of hydrogen-bond donors (Lipinski definition) is 1. The van der Waals surface area contributed by atoms with Crippen molar-refractivity contribution in [2.45, 2.75) is 18.4 Å². The third kappa shape index (κ3) is 3.40. The Morgan fingerprint density at radius 2 is 2.16 bits per heavy atom. The summed E-state index contributed by atoms with van der Waals surface area (Å²) in [7, 11) is -3.79. The first kappa shape index (κ1) is 14.2. The van der Waals surface area contributed by atoms with E-state index in [-0.39, 0.29) is 15.9 Å². The summed E-state index contributed by atoms with van der Waals surface area (Å²) in [5.41, 5.74) is 0.656. The van der Waals surface area contributed by atoms with Crippen LogP contribution < -0.4 is 4.72 Å². The van der Waals surface area contributed by atoms with Crippen molar-refractivity contribution in [1.29, 1.82) is 0 Å². The number of aromatic nitrogens is 1. The van der Waals surface area contributed by atoms with Crippen LogP contribution in [0.3, 0.4) is 0 Å². The van der Waals surface area contributed by atoms with E-state index in [1.165, 1.54) is 12.1 Å². The minimum atomic E-state index is -3.79. The number of halogens is 2. The summed E-state index contributed by atoms with van der Waals surface area (Å²) < 4.78 is 44.5. The Morgan fingerprint density at radius 3 is 2.74 bits per heavy atom. The molecule has 0 aliphatic heterocycles. The average molecular weight is 349 g/mol. The Balaban J connectivity index is 2.16. The number of hydrogen-bond acceptors (Lipinski definition) is 4. The molecule has 0 saturated carbocycles. The van der Waals surface area contributed by atoms with Crippen LogP contribution in [0, 0.1) is 12.7 Å². The number of nitrogens with one attached hydrogen (secondary N) is 1. The molecule has 1 aromatic carbocycles. The van der Waals surface area contributed by atoms with E-state index in [0.717, 1.165) is 6.07 Å². The third-order valence-electron chi connectivity index (χ3n) is 2.31. The summed E-state index contributed by atoms with van der Waals surface area (Å²) in [5, 5.41) is 3.64. The molecule has 0 bridgehead atoms. The molecule has 2 rings (SSSR count). The van der Waals surface area contributed by atoms with Gasteiger partial charge in [-0.15, -0.1) is 0 Å². The van der Waals surface area contributed by atoms with Gasteiger partial charge in [0.25, 0.3) is 0 Å². The van der Waals surface area contributed by atoms with Crippen molar-refractivity contribution in [1.82, 2.24) is 9.88 Å². The molecule has 1 N–H and O–H groups in total. The molecule has 5 nitrogen and oxygen atoms in total. The zero-order valence-electron chi connectivity index (χ0n) is 9.85. The molecule has 0 saturated heterocycles. The standard InChI is InChI=1S/C11H10BrFN2O3S/c1-7-4-8(18-15-7)6-14-19(16,17)9-2-3-10(12)11(13)5-9/h2-5,14H,6H2,1H3. The predicted octanol–water partition coefficient (Wildman–Crippen LogP) is 2.36. The van der Waals surface area contributed by atoms with Crippen molar-refractivity contribution < 1.29 is 17.3 Å². The number of sulfonamides is 1. The molecule has 1 heterocycles. The molecule has 0 atom stereocenters. The van der Waals surface area contributed by atoms with Gasteiger partial charge in [0.05, 0.1) is 21.6 Å². The molecular formula is C11H10BrFN2O3S. The van der Waals surface area contributed by atoms with Crippen molar-refractivity contribution >= 4 is 26.0 Å². The summed E-state index contributed by atoms with van der Waals surface area (Å²) in [6, 6.07) is 5.20. The van der Waals surface area contributed by atoms with Gasteiger partial charge < -0.3 is 4.52 Å². The number of nitrogens with zero attached hydrogens (tertiary/aromatic N) is 1. The van der Waals surface area contributed by atoms with Gasteiger partial charge in [0.1, 0.15) is 5.82 Å². The largest absolute Gasteiger partial charge is 0.360 e. The van der Waals surface area contributed by atoms with Gasteiger partial charge in [-0.2, -0.15) is 0 Å². The summed E-state index contributed by atoms with van der Waals surface area (Å²) in [6.07, 6.45) is 0. The fourth-order valence-corrected chi connectivity index (χ4v) is 2.64. The van der Waals surface area contributed by atoms with Crippen LogP contribution in [-0.4, -0.2) is 13.6 Å². The molecule has 0 radical (unpaired) electrons. The zero-order valence-corrected chi connectivity index (χ0v) is 12.3. The van der Waals surface area contributed by atoms with Gasteiger partial charge in [0.15, 0.2) is 5.76 Å². The maximum Gasteiger partial charge on any atom is 0.241 e. The number of benzene rings is 1. The SMILES string of the molecule is Cc1cc(CNS(=O)(=O)c2ccc(Br)c(F)c2)on1. The van der Waals surface area contributed by atoms with Crippen LogP contribution in [0.1, 0.15) is 11.5 Å². The molecule has 1 aromatic heterocycles. The fraction of sp³-hybridized carbons (Fsp3) is 0.182. The lowest BCUT2D eigenvalue weighted by Gasteiger charge is -2.05. The quantitative estimate of drug-likeness (QED) is 0.920. The van der Waals surface area contributed by atoms with Gasteiger partial charge in [-0.25, -0.2) is 17.5 Å². The van der Waals surface area contributed by atoms with Crippen LogP contribution in [0.4, 0.5) is 4.39 Å². The summed E-state index contributed by atoms with van der Waals surface area (Å²) in [6.45, 7) is 1.69. The van der Waals surface area contributed by atoms with Gasteiger partial charge >= 0.3 is 0 Å². The normalized spacial score (nSPS) is 11.7. The van der Waals surface area contributed by atoms with Crippen LogP contribution in [0.15, 0.2) is 38.2 Å². The second-order valence-corrected chi connectivity index (χ2v) is 6.46. The number of rotatable bonds is 4. The summed E-state index contributed by atoms with van der Waals surface area (Å²) in [4.78, 5) is -0.149. The minimum Gasteiger partial charge on any atom is -0.360 e. The van der Waals surface area contributed by atoms with E-state index in [2.05, 4.69) is 25.8 Å². The van der Waals surface area contributed by atoms with Crippen molar-refractivity contribution in [3.8, 4) is 0 Å². The fourth-order valence-electron chi connectivity index (χ4n) is 1.39. The second-order valence-electron chi connectivity index (χ2n) is 3.84. The van der Waals surface area contributed by atoms with Gasteiger partial charge in [-0.3, -0.25) is 0 Å². The van der Waals surface area contributed by atoms with Gasteiger partial charge in [0, 0.05) is 6.07 Å². The van der Waals surface area contributed by atoms with Crippen molar-refractivity contribution in [3.63, 3.8) is 0 Å². The topological polar surface area (TPSA) is 72.2 Å². The molecule has 8 heteroatoms. The summed E-state index contributed by atoms with van der Waals surface area (Å²) >= 11 is 2.96. The maximum absolute atomic E-state index is 13.3. The molecular weight excluding hydrogens is 339 g/mol. The smallest absolute Gasteiger partial charge is 0.241 e. The molecule has 0 unspecified atom stereocenters. The van der Waals surface area contributed by atoms with Crippen LogP contribution in [0.25, 0.3) is 0 Å². The first-order chi connectivity index (χ1) is 8.88. The van der Waals surface area contributed by atoms with E-state index in [1.807, 2.05) is 0 Å². The first-order valence-electron chi connectivity index (χ1n) is 5.25. The Morgan fingerprint density at radius 1 is 1.42 bits per heavy atom. The van der Waals surface area contributed by atoms with Crippen molar-refractivity contribution in [2.75, 3.05) is 0 Å². The summed E-state index contributed by atoms with van der Waals surface area (Å²) in [5.74, 6) is -0.253. The molecule has 0 spiro atoms. The highest BCUT2D eigenvalue weighted by atomic mass is 79.9. The minimum absolute atomic E-state index is 0.0408. The van der Waals surface area contributed by atoms with Crippen LogP contribution in [0.2, 0.25) is 0 Å². The van der Waals surface area contributed by atoms with Gasteiger partial charge in [-0.05, 0) is 41.1 Å². The Bertz CT molecular complexity index is 700. The van der Waals surface area contributed by atoms with E-state index in [0.29, 0.717) is 11.5 Å². The Labute approximate surface area is 118 Å². The number of aryl methyl sites for hydroxylation is 1. The molecule has 0 amide bonds. The lowest BCUT2D eigenvalue weighted by atomic mass is 10.3. The molecule has 2 aromatic rings. The van der Waals surface area contributed by atoms with Crippen molar-refractivity contribution in [3.05, 3.63) is 46.0 Å². The molecule has 0 fully saturated rings. The van der Waals surface area contributed by atoms with E-state index in [9.17, 15) is 12.8 Å². The van der Waals surface area contributed by atoms with E-state index >= 15 is 0 Å². The zero-order chi connectivity index (χ0) is 14.0. The molecule has 0 aliphatic rings. The highest BCUT2D eigenvalue weighted by Crippen LogP contribution is 2.19. The van der Waals surface area contributed by atoms with E-state index < -0.39 is 15.8 Å². The Kier molecular flexibility index (Phi) is 4.02. The molecule has 19 heavy (non-hydrogen) atoms. The van der Waals surface area contributed by atoms with Gasteiger partial charge in [0.2, 0.25) is 10.0 Å². The molecule has 102 valence electrons. The highest BCUT2D eigenvalue weighted by molar-refractivity contribution is 9.10. The first-order valence-corrected chi connectivity index (χ1v) is 7.53. The van der Waals surface area contributed by atoms with Crippen LogP contribution in [-0.2, 0) is 16.6 Å². The van der Waals surface area contributed by atoms with Crippen LogP contribution >= 0.6 is 15.9 Å². The van der Waals surface area contributed by atoms with Gasteiger partial charge in [-0.1, -0.05) is 5.16 Å². The lowest BCUT2D eigenvalue weighted by Crippen LogP contribution is -2.23. The second kappa shape index (κ2) is 5.40. The maximum atomic E-state index is 13.3. The Hall–Kier alpha value is -1.25. The highest BCUT2D eigenvalue weighted by Gasteiger charge is 2.16. The van der Waals surface area contributed by atoms with E-state index in [4.69, 9.17) is 4.52 Å². The molecule has 0 aliphatic carbocycles.